The van der Waals surface area contributed by atoms with Crippen LogP contribution in [0.2, 0.25) is 0 Å². The number of hydrogen-bond donors (Lipinski definition) is 1. The first-order chi connectivity index (χ1) is 14.5. The maximum absolute atomic E-state index is 12.7. The van der Waals surface area contributed by atoms with Crippen LogP contribution in [0.15, 0.2) is 34.7 Å². The van der Waals surface area contributed by atoms with Crippen molar-refractivity contribution in [1.29, 1.82) is 5.26 Å². The third-order valence-corrected chi connectivity index (χ3v) is 5.76. The highest BCUT2D eigenvalue weighted by Crippen LogP contribution is 2.27. The number of carbonyl (C=O) groups excluding carboxylic acids is 1. The van der Waals surface area contributed by atoms with Crippen LogP contribution in [0.5, 0.6) is 0 Å². The lowest BCUT2D eigenvalue weighted by Crippen LogP contribution is -2.44. The Morgan fingerprint density at radius 3 is 2.87 bits per heavy atom. The number of piperazine rings is 1. The maximum atomic E-state index is 12.7. The zero-order chi connectivity index (χ0) is 21.1. The molecule has 3 heterocycles. The van der Waals surface area contributed by atoms with E-state index in [0.717, 1.165) is 37.6 Å². The molecule has 154 valence electrons. The van der Waals surface area contributed by atoms with E-state index in [4.69, 9.17) is 9.68 Å². The first kappa shape index (κ1) is 20.2. The van der Waals surface area contributed by atoms with Gasteiger partial charge in [0.1, 0.15) is 11.5 Å². The number of nitriles is 1. The van der Waals surface area contributed by atoms with Crippen LogP contribution in [0.3, 0.4) is 0 Å². The molecule has 30 heavy (non-hydrogen) atoms. The van der Waals surface area contributed by atoms with Crippen molar-refractivity contribution in [3.63, 3.8) is 0 Å². The van der Waals surface area contributed by atoms with E-state index in [2.05, 4.69) is 37.6 Å². The number of nitrogens with zero attached hydrogens (tertiary/aromatic N) is 5. The summed E-state index contributed by atoms with van der Waals surface area (Å²) in [5.41, 5.74) is 1.72. The lowest BCUT2D eigenvalue weighted by molar-refractivity contribution is 0.102. The number of aryl methyl sites for hydroxylation is 1. The Labute approximate surface area is 178 Å². The summed E-state index contributed by atoms with van der Waals surface area (Å²) in [5.74, 6) is 1.48. The zero-order valence-corrected chi connectivity index (χ0v) is 17.7. The highest BCUT2D eigenvalue weighted by molar-refractivity contribution is 7.09. The van der Waals surface area contributed by atoms with E-state index in [-0.39, 0.29) is 5.91 Å². The highest BCUT2D eigenvalue weighted by atomic mass is 32.1. The Kier molecular flexibility index (Phi) is 5.90. The van der Waals surface area contributed by atoms with Crippen LogP contribution < -0.4 is 5.32 Å². The van der Waals surface area contributed by atoms with E-state index in [9.17, 15) is 4.79 Å². The molecule has 0 bridgehead atoms. The normalized spacial score (nSPS) is 15.1. The zero-order valence-electron chi connectivity index (χ0n) is 16.9. The molecule has 1 aromatic carbocycles. The second-order valence-corrected chi connectivity index (χ2v) is 8.07. The standard InChI is InChI=1S/C21H22N6O2S/c1-14-17(11-18(29-14)16-5-3-4-15(10-16)12-22)20(28)24-21-23-19(25-30-21)13-27-8-6-26(2)7-9-27/h3-5,10-11H,6-9,13H2,1-2H3,(H,23,24,25,28). The molecule has 0 aliphatic carbocycles. The van der Waals surface area contributed by atoms with Crippen LogP contribution in [-0.4, -0.2) is 58.3 Å². The van der Waals surface area contributed by atoms with E-state index < -0.39 is 0 Å². The average molecular weight is 423 g/mol. The smallest absolute Gasteiger partial charge is 0.261 e. The first-order valence-corrected chi connectivity index (χ1v) is 10.4. The lowest BCUT2D eigenvalue weighted by Gasteiger charge is -2.31. The monoisotopic (exact) mass is 422 g/mol. The quantitative estimate of drug-likeness (QED) is 0.675. The molecule has 9 heteroatoms. The van der Waals surface area contributed by atoms with Crippen molar-refractivity contribution >= 4 is 22.6 Å². The van der Waals surface area contributed by atoms with Gasteiger partial charge in [-0.1, -0.05) is 12.1 Å². The highest BCUT2D eigenvalue weighted by Gasteiger charge is 2.19. The van der Waals surface area contributed by atoms with Gasteiger partial charge in [-0.05, 0) is 32.2 Å². The number of nitrogens with one attached hydrogen (secondary N) is 1. The fraction of sp³-hybridized carbons (Fsp3) is 0.333. The molecule has 1 aliphatic rings. The van der Waals surface area contributed by atoms with Crippen molar-refractivity contribution in [2.75, 3.05) is 38.5 Å². The summed E-state index contributed by atoms with van der Waals surface area (Å²) in [6, 6.07) is 10.9. The van der Waals surface area contributed by atoms with Gasteiger partial charge < -0.3 is 9.32 Å². The molecule has 1 amide bonds. The Morgan fingerprint density at radius 2 is 2.10 bits per heavy atom. The molecule has 0 spiro atoms. The fourth-order valence-corrected chi connectivity index (χ4v) is 3.91. The summed E-state index contributed by atoms with van der Waals surface area (Å²) in [5, 5.41) is 12.4. The van der Waals surface area contributed by atoms with E-state index in [0.29, 0.717) is 34.3 Å². The van der Waals surface area contributed by atoms with E-state index in [1.54, 1.807) is 31.2 Å². The number of hydrogen-bond acceptors (Lipinski definition) is 8. The Bertz CT molecular complexity index is 1090. The van der Waals surface area contributed by atoms with Gasteiger partial charge in [0, 0.05) is 43.3 Å². The summed E-state index contributed by atoms with van der Waals surface area (Å²) in [4.78, 5) is 21.8. The molecule has 0 unspecified atom stereocenters. The van der Waals surface area contributed by atoms with Crippen molar-refractivity contribution in [1.82, 2.24) is 19.2 Å². The van der Waals surface area contributed by atoms with Crippen molar-refractivity contribution in [2.45, 2.75) is 13.5 Å². The minimum absolute atomic E-state index is 0.291. The summed E-state index contributed by atoms with van der Waals surface area (Å²) in [6.45, 7) is 6.47. The number of aromatic nitrogens is 2. The molecule has 0 atom stereocenters. The third-order valence-electron chi connectivity index (χ3n) is 5.09. The number of likely N-dealkylation sites (N-methyl/N-ethyl adjacent to an activating group) is 1. The predicted molar refractivity (Wildman–Crippen MR) is 114 cm³/mol. The molecule has 8 nitrogen and oxygen atoms in total. The first-order valence-electron chi connectivity index (χ1n) is 9.67. The molecule has 4 rings (SSSR count). The van der Waals surface area contributed by atoms with Crippen molar-refractivity contribution in [3.8, 4) is 17.4 Å². The summed E-state index contributed by atoms with van der Waals surface area (Å²) >= 11 is 1.18. The molecule has 1 fully saturated rings. The predicted octanol–water partition coefficient (Wildman–Crippen LogP) is 2.98. The third kappa shape index (κ3) is 4.57. The van der Waals surface area contributed by atoms with Gasteiger partial charge in [0.25, 0.3) is 5.91 Å². The minimum atomic E-state index is -0.291. The van der Waals surface area contributed by atoms with Crippen molar-refractivity contribution in [3.05, 3.63) is 53.0 Å². The second kappa shape index (κ2) is 8.75. The average Bonchev–Trinajstić information content (AvgIpc) is 3.36. The maximum Gasteiger partial charge on any atom is 0.261 e. The van der Waals surface area contributed by atoms with Gasteiger partial charge in [0.15, 0.2) is 5.82 Å². The SMILES string of the molecule is Cc1oc(-c2cccc(C#N)c2)cc1C(=O)Nc1nc(CN2CCN(C)CC2)ns1. The van der Waals surface area contributed by atoms with Crippen LogP contribution in [-0.2, 0) is 6.54 Å². The molecule has 1 saturated heterocycles. The van der Waals surface area contributed by atoms with Gasteiger partial charge in [-0.2, -0.15) is 9.64 Å². The van der Waals surface area contributed by atoms with Gasteiger partial charge in [0.2, 0.25) is 5.13 Å². The minimum Gasteiger partial charge on any atom is -0.461 e. The van der Waals surface area contributed by atoms with Crippen molar-refractivity contribution in [2.24, 2.45) is 0 Å². The second-order valence-electron chi connectivity index (χ2n) is 7.32. The molecular weight excluding hydrogens is 400 g/mol. The molecule has 1 N–H and O–H groups in total. The van der Waals surface area contributed by atoms with Gasteiger partial charge >= 0.3 is 0 Å². The van der Waals surface area contributed by atoms with Crippen LogP contribution in [0.1, 0.15) is 27.5 Å². The van der Waals surface area contributed by atoms with Gasteiger partial charge in [-0.15, -0.1) is 0 Å². The van der Waals surface area contributed by atoms with Crippen LogP contribution in [0.25, 0.3) is 11.3 Å². The Balaban J connectivity index is 1.42. The van der Waals surface area contributed by atoms with Gasteiger partial charge in [-0.3, -0.25) is 15.0 Å². The summed E-state index contributed by atoms with van der Waals surface area (Å²) < 4.78 is 10.1. The Hall–Kier alpha value is -3.06. The van der Waals surface area contributed by atoms with Crippen molar-refractivity contribution < 1.29 is 9.21 Å². The molecule has 2 aromatic heterocycles. The lowest BCUT2D eigenvalue weighted by atomic mass is 10.1. The van der Waals surface area contributed by atoms with Crippen LogP contribution >= 0.6 is 11.5 Å². The van der Waals surface area contributed by atoms with E-state index >= 15 is 0 Å². The molecule has 1 aliphatic heterocycles. The molecule has 3 aromatic rings. The van der Waals surface area contributed by atoms with Crippen LogP contribution in [0.4, 0.5) is 5.13 Å². The summed E-state index contributed by atoms with van der Waals surface area (Å²) in [7, 11) is 2.12. The van der Waals surface area contributed by atoms with Crippen LogP contribution in [0, 0.1) is 18.3 Å². The number of amides is 1. The van der Waals surface area contributed by atoms with E-state index in [1.165, 1.54) is 11.5 Å². The number of furan rings is 1. The number of benzene rings is 1. The largest absolute Gasteiger partial charge is 0.461 e. The number of rotatable bonds is 5. The van der Waals surface area contributed by atoms with Gasteiger partial charge in [-0.25, -0.2) is 4.98 Å². The Morgan fingerprint density at radius 1 is 1.30 bits per heavy atom. The molecule has 0 saturated carbocycles. The summed E-state index contributed by atoms with van der Waals surface area (Å²) in [6.07, 6.45) is 0. The topological polar surface area (TPSA) is 98.3 Å². The fourth-order valence-electron chi connectivity index (χ4n) is 3.33. The van der Waals surface area contributed by atoms with E-state index in [1.807, 2.05) is 6.07 Å². The number of anilines is 1. The van der Waals surface area contributed by atoms with Gasteiger partial charge in [0.05, 0.1) is 23.7 Å². The molecular formula is C21H22N6O2S. The molecule has 0 radical (unpaired) electrons. The number of carbonyl (C=O) groups is 1.